The quantitative estimate of drug-likeness (QED) is 0.925. The topological polar surface area (TPSA) is 41.6 Å². The number of nitrogens with one attached hydrogen (secondary N) is 1. The molecule has 4 heteroatoms. The number of para-hydroxylation sites is 1. The number of hydrogen-bond donors (Lipinski definition) is 1. The van der Waals surface area contributed by atoms with Crippen molar-refractivity contribution in [1.29, 1.82) is 0 Å². The number of likely N-dealkylation sites (tertiary alicyclic amines) is 1. The van der Waals surface area contributed by atoms with E-state index in [1.165, 1.54) is 12.8 Å². The smallest absolute Gasteiger partial charge is 0.260 e. The molecular weight excluding hydrogens is 300 g/mol. The summed E-state index contributed by atoms with van der Waals surface area (Å²) in [4.78, 5) is 15.0. The molecule has 0 aromatic heterocycles. The molecule has 2 heterocycles. The van der Waals surface area contributed by atoms with Gasteiger partial charge in [-0.3, -0.25) is 4.79 Å². The van der Waals surface area contributed by atoms with Crippen molar-refractivity contribution in [3.05, 3.63) is 29.3 Å². The van der Waals surface area contributed by atoms with Crippen LogP contribution in [-0.2, 0) is 4.79 Å². The van der Waals surface area contributed by atoms with Crippen molar-refractivity contribution in [2.24, 2.45) is 0 Å². The highest BCUT2D eigenvalue weighted by Gasteiger charge is 2.43. The van der Waals surface area contributed by atoms with E-state index in [1.54, 1.807) is 0 Å². The van der Waals surface area contributed by atoms with E-state index < -0.39 is 0 Å². The Kier molecular flexibility index (Phi) is 5.14. The maximum atomic E-state index is 12.9. The molecule has 0 unspecified atom stereocenters. The second kappa shape index (κ2) is 7.14. The lowest BCUT2D eigenvalue weighted by Crippen LogP contribution is -2.63. The number of nitrogens with zero attached hydrogens (tertiary/aromatic N) is 1. The van der Waals surface area contributed by atoms with Crippen LogP contribution in [0.5, 0.6) is 5.75 Å². The van der Waals surface area contributed by atoms with Crippen molar-refractivity contribution in [3.63, 3.8) is 0 Å². The fourth-order valence-electron chi connectivity index (χ4n) is 4.34. The fourth-order valence-corrected chi connectivity index (χ4v) is 4.34. The number of ether oxygens (including phenoxy) is 1. The van der Waals surface area contributed by atoms with Crippen molar-refractivity contribution in [2.45, 2.75) is 64.5 Å². The van der Waals surface area contributed by atoms with Crippen molar-refractivity contribution in [1.82, 2.24) is 10.2 Å². The molecule has 1 amide bonds. The van der Waals surface area contributed by atoms with Gasteiger partial charge in [0.1, 0.15) is 5.75 Å². The average Bonchev–Trinajstić information content (AvgIpc) is 2.75. The second-order valence-corrected chi connectivity index (χ2v) is 7.56. The molecule has 2 fully saturated rings. The summed E-state index contributed by atoms with van der Waals surface area (Å²) >= 11 is 0. The zero-order valence-corrected chi connectivity index (χ0v) is 15.2. The molecule has 2 aliphatic heterocycles. The molecule has 4 nitrogen and oxygen atoms in total. The minimum absolute atomic E-state index is 0.0585. The number of carbonyl (C=O) groups is 1. The summed E-state index contributed by atoms with van der Waals surface area (Å²) in [6.07, 6.45) is 5.70. The van der Waals surface area contributed by atoms with Crippen LogP contribution in [0.3, 0.4) is 0 Å². The number of amides is 1. The van der Waals surface area contributed by atoms with Crippen LogP contribution in [0.1, 0.15) is 50.2 Å². The molecule has 0 spiro atoms. The minimum atomic E-state index is 0.0585. The lowest BCUT2D eigenvalue weighted by molar-refractivity contribution is -0.139. The van der Waals surface area contributed by atoms with Gasteiger partial charge in [0, 0.05) is 18.1 Å². The van der Waals surface area contributed by atoms with Gasteiger partial charge < -0.3 is 15.0 Å². The number of piperidine rings is 1. The highest BCUT2D eigenvalue weighted by Crippen LogP contribution is 2.33. The molecular formula is C20H30N2O2. The summed E-state index contributed by atoms with van der Waals surface area (Å²) in [5.74, 6) is 0.974. The molecule has 2 aliphatic rings. The lowest BCUT2D eigenvalue weighted by Gasteiger charge is -2.48. The predicted molar refractivity (Wildman–Crippen MR) is 96.4 cm³/mol. The first-order valence-corrected chi connectivity index (χ1v) is 9.25. The van der Waals surface area contributed by atoms with Crippen LogP contribution in [-0.4, -0.2) is 42.1 Å². The summed E-state index contributed by atoms with van der Waals surface area (Å²) in [6.45, 7) is 8.40. The van der Waals surface area contributed by atoms with Crippen LogP contribution in [0.4, 0.5) is 0 Å². The van der Waals surface area contributed by atoms with Crippen molar-refractivity contribution in [3.8, 4) is 5.75 Å². The first kappa shape index (κ1) is 17.3. The monoisotopic (exact) mass is 330 g/mol. The van der Waals surface area contributed by atoms with Crippen LogP contribution in [0.25, 0.3) is 0 Å². The van der Waals surface area contributed by atoms with E-state index in [1.807, 2.05) is 32.0 Å². The van der Waals surface area contributed by atoms with Crippen LogP contribution in [0.15, 0.2) is 18.2 Å². The Morgan fingerprint density at radius 2 is 2.04 bits per heavy atom. The number of benzene rings is 1. The van der Waals surface area contributed by atoms with Crippen LogP contribution >= 0.6 is 0 Å². The molecule has 0 radical (unpaired) electrons. The molecule has 2 atom stereocenters. The molecule has 1 aromatic carbocycles. The van der Waals surface area contributed by atoms with Crippen molar-refractivity contribution >= 4 is 5.91 Å². The molecule has 2 saturated heterocycles. The van der Waals surface area contributed by atoms with E-state index in [4.69, 9.17) is 4.74 Å². The third kappa shape index (κ3) is 3.44. The molecule has 3 rings (SSSR count). The largest absolute Gasteiger partial charge is 0.483 e. The number of hydrogen-bond acceptors (Lipinski definition) is 3. The average molecular weight is 330 g/mol. The Labute approximate surface area is 145 Å². The Bertz CT molecular complexity index is 581. The highest BCUT2D eigenvalue weighted by molar-refractivity contribution is 5.78. The maximum absolute atomic E-state index is 12.9. The van der Waals surface area contributed by atoms with Gasteiger partial charge in [-0.2, -0.15) is 0 Å². The molecule has 0 bridgehead atoms. The maximum Gasteiger partial charge on any atom is 0.260 e. The third-order valence-corrected chi connectivity index (χ3v) is 5.71. The first-order valence-electron chi connectivity index (χ1n) is 9.25. The van der Waals surface area contributed by atoms with Crippen LogP contribution in [0, 0.1) is 13.8 Å². The van der Waals surface area contributed by atoms with E-state index in [2.05, 4.69) is 17.1 Å². The SMILES string of the molecule is Cc1cccc(C)c1OCC(=O)N1CCC[C@]2(C)NCCCC[C@H]12. The summed E-state index contributed by atoms with van der Waals surface area (Å²) in [6, 6.07) is 6.37. The van der Waals surface area contributed by atoms with Crippen molar-refractivity contribution < 1.29 is 9.53 Å². The van der Waals surface area contributed by atoms with Crippen LogP contribution in [0.2, 0.25) is 0 Å². The molecule has 1 aromatic rings. The lowest BCUT2D eigenvalue weighted by atomic mass is 9.81. The number of carbonyl (C=O) groups excluding carboxylic acids is 1. The van der Waals surface area contributed by atoms with Gasteiger partial charge in [0.15, 0.2) is 6.61 Å². The predicted octanol–water partition coefficient (Wildman–Crippen LogP) is 3.21. The summed E-state index contributed by atoms with van der Waals surface area (Å²) in [5.41, 5.74) is 2.23. The van der Waals surface area contributed by atoms with Crippen LogP contribution < -0.4 is 10.1 Å². The summed E-state index contributed by atoms with van der Waals surface area (Å²) < 4.78 is 5.91. The number of fused-ring (bicyclic) bond motifs is 1. The van der Waals surface area contributed by atoms with E-state index in [0.717, 1.165) is 49.2 Å². The standard InChI is InChI=1S/C20H30N2O2/c1-15-8-6-9-16(2)19(15)24-14-18(23)22-13-7-11-20(3)17(22)10-4-5-12-21-20/h6,8-9,17,21H,4-5,7,10-14H2,1-3H3/t17-,20-/m0/s1. The third-order valence-electron chi connectivity index (χ3n) is 5.71. The van der Waals surface area contributed by atoms with Gasteiger partial charge in [0.2, 0.25) is 0 Å². The molecule has 1 N–H and O–H groups in total. The summed E-state index contributed by atoms with van der Waals surface area (Å²) in [7, 11) is 0. The van der Waals surface area contributed by atoms with E-state index in [-0.39, 0.29) is 18.1 Å². The van der Waals surface area contributed by atoms with E-state index in [0.29, 0.717) is 6.04 Å². The Hall–Kier alpha value is -1.55. The number of aryl methyl sites for hydroxylation is 2. The molecule has 0 aliphatic carbocycles. The number of rotatable bonds is 3. The van der Waals surface area contributed by atoms with E-state index in [9.17, 15) is 4.79 Å². The Morgan fingerprint density at radius 1 is 1.29 bits per heavy atom. The van der Waals surface area contributed by atoms with Gasteiger partial charge in [0.25, 0.3) is 5.91 Å². The van der Waals surface area contributed by atoms with Gasteiger partial charge >= 0.3 is 0 Å². The Balaban J connectivity index is 1.69. The normalized spacial score (nSPS) is 27.3. The second-order valence-electron chi connectivity index (χ2n) is 7.56. The minimum Gasteiger partial charge on any atom is -0.483 e. The first-order chi connectivity index (χ1) is 11.5. The fraction of sp³-hybridized carbons (Fsp3) is 0.650. The Morgan fingerprint density at radius 3 is 2.79 bits per heavy atom. The zero-order valence-electron chi connectivity index (χ0n) is 15.2. The summed E-state index contributed by atoms with van der Waals surface area (Å²) in [5, 5.41) is 3.70. The zero-order chi connectivity index (χ0) is 17.2. The molecule has 24 heavy (non-hydrogen) atoms. The molecule has 0 saturated carbocycles. The van der Waals surface area contributed by atoms with Gasteiger partial charge in [-0.15, -0.1) is 0 Å². The van der Waals surface area contributed by atoms with Gasteiger partial charge in [-0.25, -0.2) is 0 Å². The molecule has 132 valence electrons. The van der Waals surface area contributed by atoms with Gasteiger partial charge in [-0.05, 0) is 64.1 Å². The highest BCUT2D eigenvalue weighted by atomic mass is 16.5. The van der Waals surface area contributed by atoms with Gasteiger partial charge in [-0.1, -0.05) is 24.6 Å². The van der Waals surface area contributed by atoms with E-state index >= 15 is 0 Å². The van der Waals surface area contributed by atoms with Crippen molar-refractivity contribution in [2.75, 3.05) is 19.7 Å². The van der Waals surface area contributed by atoms with Gasteiger partial charge in [0.05, 0.1) is 0 Å².